The van der Waals surface area contributed by atoms with Crippen LogP contribution in [0, 0.1) is 0 Å². The lowest BCUT2D eigenvalue weighted by atomic mass is 10.1. The molecule has 2 aromatic carbocycles. The Bertz CT molecular complexity index is 1000. The molecule has 1 aliphatic heterocycles. The van der Waals surface area contributed by atoms with Gasteiger partial charge in [-0.2, -0.15) is 0 Å². The second-order valence-corrected chi connectivity index (χ2v) is 9.09. The van der Waals surface area contributed by atoms with E-state index in [0.29, 0.717) is 13.2 Å². The second kappa shape index (κ2) is 10.9. The molecule has 1 aromatic heterocycles. The quantitative estimate of drug-likeness (QED) is 0.452. The van der Waals surface area contributed by atoms with Gasteiger partial charge in [-0.3, -0.25) is 4.79 Å². The Morgan fingerprint density at radius 3 is 2.84 bits per heavy atom. The van der Waals surface area contributed by atoms with Crippen LogP contribution in [0.3, 0.4) is 0 Å². The van der Waals surface area contributed by atoms with Gasteiger partial charge in [0.25, 0.3) is 0 Å². The topological polar surface area (TPSA) is 83.9 Å². The van der Waals surface area contributed by atoms with Crippen molar-refractivity contribution in [2.75, 3.05) is 39.8 Å². The number of benzene rings is 2. The summed E-state index contributed by atoms with van der Waals surface area (Å²) in [5.74, 6) is -0.144. The summed E-state index contributed by atoms with van der Waals surface area (Å²) in [6.45, 7) is 2.84. The molecule has 8 heteroatoms. The second-order valence-electron chi connectivity index (χ2n) is 8.03. The summed E-state index contributed by atoms with van der Waals surface area (Å²) in [4.78, 5) is 17.8. The first-order valence-electron chi connectivity index (χ1n) is 10.9. The van der Waals surface area contributed by atoms with E-state index in [1.807, 2.05) is 36.4 Å². The molecule has 4 rings (SSSR count). The molecule has 7 nitrogen and oxygen atoms in total. The van der Waals surface area contributed by atoms with E-state index in [4.69, 9.17) is 19.6 Å². The van der Waals surface area contributed by atoms with E-state index in [2.05, 4.69) is 29.4 Å². The fourth-order valence-corrected chi connectivity index (χ4v) is 4.83. The van der Waals surface area contributed by atoms with Gasteiger partial charge in [0.2, 0.25) is 0 Å². The first-order valence-corrected chi connectivity index (χ1v) is 11.7. The number of ether oxygens (including phenoxy) is 2. The van der Waals surface area contributed by atoms with Crippen LogP contribution in [-0.2, 0) is 9.53 Å². The molecule has 0 spiro atoms. The van der Waals surface area contributed by atoms with E-state index >= 15 is 0 Å². The van der Waals surface area contributed by atoms with Crippen molar-refractivity contribution < 1.29 is 19.4 Å². The minimum Gasteiger partial charge on any atom is -0.492 e. The van der Waals surface area contributed by atoms with Crippen molar-refractivity contribution in [1.82, 2.24) is 15.2 Å². The predicted molar refractivity (Wildman–Crippen MR) is 126 cm³/mol. The van der Waals surface area contributed by atoms with E-state index in [0.717, 1.165) is 52.5 Å². The van der Waals surface area contributed by atoms with Gasteiger partial charge in [-0.1, -0.05) is 24.3 Å². The van der Waals surface area contributed by atoms with E-state index in [1.54, 1.807) is 11.3 Å². The van der Waals surface area contributed by atoms with Gasteiger partial charge in [-0.15, -0.1) is 11.3 Å². The Kier molecular flexibility index (Phi) is 7.70. The highest BCUT2D eigenvalue weighted by atomic mass is 32.1. The number of carboxylic acid groups (broad SMARTS) is 1. The van der Waals surface area contributed by atoms with Crippen LogP contribution in [0.2, 0.25) is 0 Å². The number of likely N-dealkylation sites (tertiary alicyclic amines) is 1. The zero-order valence-electron chi connectivity index (χ0n) is 18.2. The molecule has 2 N–H and O–H groups in total. The minimum absolute atomic E-state index is 0.0759. The Morgan fingerprint density at radius 1 is 1.25 bits per heavy atom. The van der Waals surface area contributed by atoms with Crippen molar-refractivity contribution in [3.63, 3.8) is 0 Å². The Labute approximate surface area is 192 Å². The summed E-state index contributed by atoms with van der Waals surface area (Å²) >= 11 is 1.67. The molecular weight excluding hydrogens is 426 g/mol. The third-order valence-electron chi connectivity index (χ3n) is 5.51. The average molecular weight is 456 g/mol. The molecule has 1 fully saturated rings. The van der Waals surface area contributed by atoms with E-state index < -0.39 is 5.97 Å². The Balaban J connectivity index is 1.52. The van der Waals surface area contributed by atoms with E-state index in [9.17, 15) is 4.79 Å². The van der Waals surface area contributed by atoms with Gasteiger partial charge in [-0.05, 0) is 49.7 Å². The van der Waals surface area contributed by atoms with Crippen molar-refractivity contribution in [1.29, 1.82) is 0 Å². The number of para-hydroxylation sites is 1. The number of aromatic nitrogens is 1. The molecule has 32 heavy (non-hydrogen) atoms. The van der Waals surface area contributed by atoms with Gasteiger partial charge in [0, 0.05) is 19.6 Å². The summed E-state index contributed by atoms with van der Waals surface area (Å²) < 4.78 is 13.6. The molecule has 0 saturated carbocycles. The van der Waals surface area contributed by atoms with Crippen molar-refractivity contribution >= 4 is 27.5 Å². The lowest BCUT2D eigenvalue weighted by molar-refractivity contribution is -0.135. The zero-order chi connectivity index (χ0) is 22.3. The average Bonchev–Trinajstić information content (AvgIpc) is 3.22. The first-order chi connectivity index (χ1) is 15.6. The molecule has 0 radical (unpaired) electrons. The van der Waals surface area contributed by atoms with Crippen LogP contribution < -0.4 is 10.1 Å². The number of hydrogen-bond acceptors (Lipinski definition) is 7. The summed E-state index contributed by atoms with van der Waals surface area (Å²) in [6, 6.07) is 16.1. The largest absolute Gasteiger partial charge is 0.492 e. The summed E-state index contributed by atoms with van der Waals surface area (Å²) in [5, 5.41) is 12.5. The molecule has 1 aliphatic rings. The Morgan fingerprint density at radius 2 is 2.06 bits per heavy atom. The summed E-state index contributed by atoms with van der Waals surface area (Å²) in [7, 11) is 2.15. The van der Waals surface area contributed by atoms with Crippen molar-refractivity contribution in [2.24, 2.45) is 0 Å². The number of piperidine rings is 1. The van der Waals surface area contributed by atoms with Crippen molar-refractivity contribution in [2.45, 2.75) is 25.0 Å². The molecule has 0 aliphatic carbocycles. The molecule has 170 valence electrons. The van der Waals surface area contributed by atoms with Crippen LogP contribution in [0.1, 0.15) is 29.5 Å². The van der Waals surface area contributed by atoms with Crippen molar-refractivity contribution in [3.8, 4) is 5.75 Å². The third-order valence-corrected chi connectivity index (χ3v) is 6.59. The lowest BCUT2D eigenvalue weighted by Gasteiger charge is -2.31. The first kappa shape index (κ1) is 22.7. The smallest absolute Gasteiger partial charge is 0.317 e. The standard InChI is InChI=1S/C24H29N3O4S/c1-27-12-9-18(10-13-27)31-23(24-26-20-7-2-3-8-21(20)32-24)17-5-4-6-19(15-17)30-14-11-25-16-22(28)29/h2-8,15,18,23,25H,9-14,16H2,1H3,(H,28,29). The number of nitrogens with one attached hydrogen (secondary N) is 1. The number of aliphatic carboxylic acids is 1. The van der Waals surface area contributed by atoms with Crippen LogP contribution in [0.15, 0.2) is 48.5 Å². The van der Waals surface area contributed by atoms with E-state index in [1.165, 1.54) is 0 Å². The van der Waals surface area contributed by atoms with Crippen LogP contribution in [0.4, 0.5) is 0 Å². The molecule has 2 heterocycles. The summed E-state index contributed by atoms with van der Waals surface area (Å²) in [5.41, 5.74) is 2.00. The monoisotopic (exact) mass is 455 g/mol. The zero-order valence-corrected chi connectivity index (χ0v) is 19.0. The summed E-state index contributed by atoms with van der Waals surface area (Å²) in [6.07, 6.45) is 1.94. The van der Waals surface area contributed by atoms with Crippen molar-refractivity contribution in [3.05, 3.63) is 59.1 Å². The van der Waals surface area contributed by atoms with Crippen LogP contribution in [0.25, 0.3) is 10.2 Å². The molecular formula is C24H29N3O4S. The van der Waals surface area contributed by atoms with Crippen LogP contribution >= 0.6 is 11.3 Å². The molecule has 3 aromatic rings. The number of fused-ring (bicyclic) bond motifs is 1. The Hall–Kier alpha value is -2.52. The lowest BCUT2D eigenvalue weighted by Crippen LogP contribution is -2.35. The van der Waals surface area contributed by atoms with Gasteiger partial charge in [-0.25, -0.2) is 4.98 Å². The number of carbonyl (C=O) groups is 1. The SMILES string of the molecule is CN1CCC(OC(c2cccc(OCCNCC(=O)O)c2)c2nc3ccccc3s2)CC1. The maximum atomic E-state index is 10.6. The maximum absolute atomic E-state index is 10.6. The highest BCUT2D eigenvalue weighted by molar-refractivity contribution is 7.18. The fraction of sp³-hybridized carbons (Fsp3) is 0.417. The predicted octanol–water partition coefficient (Wildman–Crippen LogP) is 3.55. The van der Waals surface area contributed by atoms with E-state index in [-0.39, 0.29) is 18.8 Å². The van der Waals surface area contributed by atoms with Gasteiger partial charge in [0.15, 0.2) is 0 Å². The molecule has 1 saturated heterocycles. The van der Waals surface area contributed by atoms with Gasteiger partial charge in [0.1, 0.15) is 23.5 Å². The third kappa shape index (κ3) is 6.04. The normalized spacial score (nSPS) is 16.3. The number of nitrogens with zero attached hydrogens (tertiary/aromatic N) is 2. The highest BCUT2D eigenvalue weighted by Crippen LogP contribution is 2.36. The molecule has 0 amide bonds. The molecule has 1 atom stereocenters. The molecule has 1 unspecified atom stereocenters. The number of thiazole rings is 1. The minimum atomic E-state index is -0.878. The van der Waals surface area contributed by atoms with Crippen LogP contribution in [0.5, 0.6) is 5.75 Å². The maximum Gasteiger partial charge on any atom is 0.317 e. The highest BCUT2D eigenvalue weighted by Gasteiger charge is 2.26. The number of rotatable bonds is 10. The van der Waals surface area contributed by atoms with Gasteiger partial charge in [0.05, 0.1) is 22.9 Å². The molecule has 0 bridgehead atoms. The van der Waals surface area contributed by atoms with Crippen LogP contribution in [-0.4, -0.2) is 66.9 Å². The fourth-order valence-electron chi connectivity index (χ4n) is 3.80. The number of carboxylic acids is 1. The van der Waals surface area contributed by atoms with Gasteiger partial charge < -0.3 is 24.8 Å². The number of hydrogen-bond donors (Lipinski definition) is 2. The van der Waals surface area contributed by atoms with Gasteiger partial charge >= 0.3 is 5.97 Å².